The zero-order valence-corrected chi connectivity index (χ0v) is 37.1. The Balaban J connectivity index is 1.43. The monoisotopic (exact) mass is 902 g/mol. The van der Waals surface area contributed by atoms with Crippen molar-refractivity contribution in [1.29, 1.82) is 0 Å². The predicted octanol–water partition coefficient (Wildman–Crippen LogP) is 7.83. The normalized spacial score (nSPS) is 25.6. The fourth-order valence-electron chi connectivity index (χ4n) is 9.73. The van der Waals surface area contributed by atoms with Gasteiger partial charge in [0.15, 0.2) is 0 Å². The highest BCUT2D eigenvalue weighted by atomic mass is 32.2. The molecule has 1 unspecified atom stereocenters. The Morgan fingerprint density at radius 2 is 1.80 bits per heavy atom. The molecule has 344 valence electrons. The summed E-state index contributed by atoms with van der Waals surface area (Å²) in [4.78, 5) is 29.1. The lowest BCUT2D eigenvalue weighted by atomic mass is 9.55. The van der Waals surface area contributed by atoms with E-state index in [1.807, 2.05) is 6.07 Å². The Hall–Kier alpha value is -5.17. The van der Waals surface area contributed by atoms with E-state index < -0.39 is 44.9 Å². The van der Waals surface area contributed by atoms with Crippen molar-refractivity contribution in [1.82, 2.24) is 4.31 Å². The molecule has 7 rings (SSSR count). The summed E-state index contributed by atoms with van der Waals surface area (Å²) in [6.07, 6.45) is 9.70. The number of carbonyl (C=O) groups excluding carboxylic acids is 1. The molecule has 64 heavy (non-hydrogen) atoms. The Bertz CT molecular complexity index is 2320. The van der Waals surface area contributed by atoms with E-state index in [0.29, 0.717) is 61.6 Å². The van der Waals surface area contributed by atoms with Crippen LogP contribution in [0.25, 0.3) is 0 Å². The largest absolute Gasteiger partial charge is 0.460 e. The Morgan fingerprint density at radius 3 is 2.48 bits per heavy atom. The number of non-ortho nitro benzene ring substituents is 1. The number of hydrogen-bond acceptors (Lipinski definition) is 13. The van der Waals surface area contributed by atoms with E-state index in [9.17, 15) is 33.5 Å². The van der Waals surface area contributed by atoms with E-state index >= 15 is 0 Å². The molecule has 0 bridgehead atoms. The van der Waals surface area contributed by atoms with Gasteiger partial charge in [-0.15, -0.1) is 6.58 Å². The van der Waals surface area contributed by atoms with Crippen LogP contribution in [0.2, 0.25) is 0 Å². The van der Waals surface area contributed by atoms with Gasteiger partial charge in [-0.3, -0.25) is 14.9 Å². The molecule has 1 amide bonds. The SMILES string of the molecule is C=CCO[C@@]12Oc3ccc(Oc4cccc([N+](=O)[O-])c4)cc3[C@H]3[C@H](CCCCO)[C@@H](CCCCO)C=C(C(=NOC4CCCCO4)C[C@@H]1N(C)S(=O)(=O)c1ccc(NC(C)=O)cc1)[C@H]32. The van der Waals surface area contributed by atoms with Gasteiger partial charge in [0, 0.05) is 63.3 Å². The van der Waals surface area contributed by atoms with Gasteiger partial charge >= 0.3 is 0 Å². The van der Waals surface area contributed by atoms with Crippen LogP contribution < -0.4 is 14.8 Å². The lowest BCUT2D eigenvalue weighted by Gasteiger charge is -2.59. The topological polar surface area (TPSA) is 209 Å². The van der Waals surface area contributed by atoms with Gasteiger partial charge < -0.3 is 39.3 Å². The third kappa shape index (κ3) is 10.0. The van der Waals surface area contributed by atoms with E-state index in [0.717, 1.165) is 36.8 Å². The first-order valence-electron chi connectivity index (χ1n) is 22.0. The smallest absolute Gasteiger partial charge is 0.273 e. The van der Waals surface area contributed by atoms with Crippen LogP contribution in [0.4, 0.5) is 11.4 Å². The van der Waals surface area contributed by atoms with Crippen molar-refractivity contribution in [2.45, 2.75) is 100 Å². The molecule has 0 spiro atoms. The molecular weight excluding hydrogens is 845 g/mol. The number of nitro benzene ring substituents is 1. The van der Waals surface area contributed by atoms with E-state index in [-0.39, 0.29) is 60.3 Å². The first-order chi connectivity index (χ1) is 30.9. The van der Waals surface area contributed by atoms with Crippen LogP contribution in [0.3, 0.4) is 0 Å². The van der Waals surface area contributed by atoms with Crippen LogP contribution in [0.1, 0.15) is 82.6 Å². The molecule has 2 fully saturated rings. The van der Waals surface area contributed by atoms with Gasteiger partial charge in [-0.25, -0.2) is 8.42 Å². The van der Waals surface area contributed by atoms with E-state index in [1.54, 1.807) is 30.3 Å². The number of anilines is 1. The summed E-state index contributed by atoms with van der Waals surface area (Å²) in [6.45, 7) is 5.91. The number of rotatable bonds is 20. The molecule has 1 saturated heterocycles. The van der Waals surface area contributed by atoms with Gasteiger partial charge in [-0.05, 0) is 104 Å². The summed E-state index contributed by atoms with van der Waals surface area (Å²) >= 11 is 0. The third-order valence-electron chi connectivity index (χ3n) is 12.6. The van der Waals surface area contributed by atoms with Crippen LogP contribution in [0.5, 0.6) is 17.2 Å². The molecule has 2 aliphatic heterocycles. The van der Waals surface area contributed by atoms with Crippen LogP contribution in [0, 0.1) is 27.9 Å². The number of fused-ring (bicyclic) bond motifs is 2. The molecule has 0 aromatic heterocycles. The zero-order chi connectivity index (χ0) is 45.4. The van der Waals surface area contributed by atoms with E-state index in [1.165, 1.54) is 54.7 Å². The second-order valence-corrected chi connectivity index (χ2v) is 18.8. The minimum Gasteiger partial charge on any atom is -0.460 e. The number of sulfonamides is 1. The minimum atomic E-state index is -4.29. The molecule has 2 heterocycles. The highest BCUT2D eigenvalue weighted by Crippen LogP contribution is 2.62. The summed E-state index contributed by atoms with van der Waals surface area (Å²) in [5, 5.41) is 39.0. The Labute approximate surface area is 374 Å². The maximum Gasteiger partial charge on any atom is 0.273 e. The summed E-state index contributed by atoms with van der Waals surface area (Å²) in [5.41, 5.74) is 2.40. The van der Waals surface area contributed by atoms with Gasteiger partial charge in [0.05, 0.1) is 46.8 Å². The highest BCUT2D eigenvalue weighted by Gasteiger charge is 2.65. The fourth-order valence-corrected chi connectivity index (χ4v) is 11.1. The Kier molecular flexibility index (Phi) is 15.2. The van der Waals surface area contributed by atoms with Crippen LogP contribution in [0.15, 0.2) is 101 Å². The number of aliphatic hydroxyl groups excluding tert-OH is 2. The van der Waals surface area contributed by atoms with Crippen molar-refractivity contribution >= 4 is 33.0 Å². The molecular formula is C47H58N4O12S. The standard InChI is InChI=1S/C47H58N4O12S/c1-4-25-60-47-43(50(3)64(57,58)37-20-17-33(18-21-37)48-31(2)54)30-41(49-63-44-16-7-10-26-59-44)39-27-32(12-5-8-23-52)38(15-6-9-24-53)45(46(39)47)40-29-36(19-22-42(40)62-47)61-35-14-11-13-34(28-35)51(55)56/h4,11,13-14,17-22,27-29,32,38,43-46,52-53H,1,5-10,12,15-16,23-26,30H2,2-3H3,(H,48,54)/t32-,38+,43-,44?,45+,46+,47+/m0/s1. The van der Waals surface area contributed by atoms with Crippen LogP contribution in [-0.2, 0) is 29.1 Å². The predicted molar refractivity (Wildman–Crippen MR) is 238 cm³/mol. The second-order valence-electron chi connectivity index (χ2n) is 16.8. The third-order valence-corrected chi connectivity index (χ3v) is 14.5. The summed E-state index contributed by atoms with van der Waals surface area (Å²) in [7, 11) is -2.79. The number of nitrogens with one attached hydrogen (secondary N) is 1. The molecule has 3 aromatic rings. The number of aliphatic hydroxyl groups is 2. The lowest BCUT2D eigenvalue weighted by Crippen LogP contribution is -2.69. The maximum atomic E-state index is 14.9. The first kappa shape index (κ1) is 46.8. The van der Waals surface area contributed by atoms with Crippen molar-refractivity contribution in [3.63, 3.8) is 0 Å². The first-order valence-corrected chi connectivity index (χ1v) is 23.5. The van der Waals surface area contributed by atoms with Crippen LogP contribution >= 0.6 is 0 Å². The zero-order valence-electron chi connectivity index (χ0n) is 36.3. The van der Waals surface area contributed by atoms with Crippen molar-refractivity contribution < 1.29 is 52.1 Å². The second kappa shape index (κ2) is 20.8. The van der Waals surface area contributed by atoms with E-state index in [2.05, 4.69) is 18.0 Å². The maximum absolute atomic E-state index is 14.9. The summed E-state index contributed by atoms with van der Waals surface area (Å²) in [5.74, 6) is -2.09. The number of hydrogen-bond donors (Lipinski definition) is 3. The van der Waals surface area contributed by atoms with Crippen molar-refractivity contribution in [3.8, 4) is 17.2 Å². The highest BCUT2D eigenvalue weighted by molar-refractivity contribution is 7.89. The molecule has 2 aliphatic carbocycles. The number of unbranched alkanes of at least 4 members (excludes halogenated alkanes) is 2. The van der Waals surface area contributed by atoms with Gasteiger partial charge in [0.2, 0.25) is 28.0 Å². The van der Waals surface area contributed by atoms with Gasteiger partial charge in [-0.1, -0.05) is 36.2 Å². The molecule has 0 radical (unpaired) electrons. The summed E-state index contributed by atoms with van der Waals surface area (Å²) in [6, 6.07) is 16.2. The molecule has 1 saturated carbocycles. The number of oxime groups is 1. The number of nitro groups is 1. The molecule has 16 nitrogen and oxygen atoms in total. The minimum absolute atomic E-state index is 0.00358. The van der Waals surface area contributed by atoms with Gasteiger partial charge in [-0.2, -0.15) is 4.31 Å². The molecule has 17 heteroatoms. The number of likely N-dealkylation sites (N-methyl/N-ethyl adjacent to an activating group) is 1. The number of nitrogens with zero attached hydrogens (tertiary/aromatic N) is 3. The molecule has 3 aromatic carbocycles. The lowest BCUT2D eigenvalue weighted by molar-refractivity contribution is -0.384. The number of amides is 1. The quantitative estimate of drug-likeness (QED) is 0.0429. The fraction of sp³-hybridized carbons (Fsp3) is 0.489. The molecule has 4 aliphatic rings. The summed E-state index contributed by atoms with van der Waals surface area (Å²) < 4.78 is 57.4. The molecule has 7 atom stereocenters. The number of benzene rings is 3. The molecule has 3 N–H and O–H groups in total. The van der Waals surface area contributed by atoms with Gasteiger partial charge in [0.1, 0.15) is 17.2 Å². The van der Waals surface area contributed by atoms with Crippen molar-refractivity contribution in [3.05, 3.63) is 107 Å². The van der Waals surface area contributed by atoms with Crippen molar-refractivity contribution in [2.24, 2.45) is 22.9 Å². The average Bonchev–Trinajstić information content (AvgIpc) is 3.29. The average molecular weight is 903 g/mol. The van der Waals surface area contributed by atoms with Crippen molar-refractivity contribution in [2.75, 3.05) is 38.8 Å². The number of carbonyl (C=O) groups is 1. The number of ether oxygens (including phenoxy) is 4. The number of allylic oxidation sites excluding steroid dienone is 1. The van der Waals surface area contributed by atoms with Crippen LogP contribution in [-0.4, -0.2) is 91.1 Å². The van der Waals surface area contributed by atoms with Gasteiger partial charge in [0.25, 0.3) is 5.69 Å². The Morgan fingerprint density at radius 1 is 1.05 bits per heavy atom. The van der Waals surface area contributed by atoms with E-state index in [4.69, 9.17) is 28.9 Å².